The highest BCUT2D eigenvalue weighted by Gasteiger charge is 2.25. The van der Waals surface area contributed by atoms with Crippen LogP contribution in [0.25, 0.3) is 0 Å². The highest BCUT2D eigenvalue weighted by atomic mass is 16.3. The van der Waals surface area contributed by atoms with E-state index < -0.39 is 0 Å². The number of likely N-dealkylation sites (N-methyl/N-ethyl adjacent to an activating group) is 1. The number of nitrogens with zero attached hydrogens (tertiary/aromatic N) is 2. The molecule has 2 atom stereocenters. The van der Waals surface area contributed by atoms with Crippen LogP contribution in [0.3, 0.4) is 0 Å². The van der Waals surface area contributed by atoms with Gasteiger partial charge in [0.15, 0.2) is 0 Å². The Balaban J connectivity index is 2.43. The molecule has 0 spiro atoms. The molecule has 2 unspecified atom stereocenters. The van der Waals surface area contributed by atoms with E-state index in [1.807, 2.05) is 0 Å². The van der Waals surface area contributed by atoms with E-state index in [0.717, 1.165) is 19.6 Å². The second-order valence-electron chi connectivity index (χ2n) is 3.86. The molecule has 1 aliphatic heterocycles. The van der Waals surface area contributed by atoms with Crippen LogP contribution in [-0.4, -0.2) is 60.3 Å². The predicted octanol–water partition coefficient (Wildman–Crippen LogP) is 0.00310. The Morgan fingerprint density at radius 3 is 2.50 bits per heavy atom. The van der Waals surface area contributed by atoms with E-state index in [9.17, 15) is 0 Å². The molecule has 0 radical (unpaired) electrons. The van der Waals surface area contributed by atoms with Crippen LogP contribution in [0.15, 0.2) is 0 Å². The van der Waals surface area contributed by atoms with Crippen LogP contribution in [0.1, 0.15) is 13.8 Å². The summed E-state index contributed by atoms with van der Waals surface area (Å²) < 4.78 is 0. The topological polar surface area (TPSA) is 26.7 Å². The molecule has 0 aromatic heterocycles. The molecule has 0 aliphatic carbocycles. The minimum atomic E-state index is 0.279. The van der Waals surface area contributed by atoms with Crippen LogP contribution in [0, 0.1) is 0 Å². The van der Waals surface area contributed by atoms with Crippen LogP contribution in [-0.2, 0) is 0 Å². The van der Waals surface area contributed by atoms with Gasteiger partial charge in [-0.15, -0.1) is 0 Å². The van der Waals surface area contributed by atoms with Crippen LogP contribution in [0.4, 0.5) is 0 Å². The highest BCUT2D eigenvalue weighted by Crippen LogP contribution is 2.12. The van der Waals surface area contributed by atoms with Crippen LogP contribution >= 0.6 is 0 Å². The maximum Gasteiger partial charge on any atom is 0.0558 e. The number of piperazine rings is 1. The monoisotopic (exact) mass is 172 g/mol. The molecule has 0 bridgehead atoms. The average Bonchev–Trinajstić information content (AvgIpc) is 2.01. The molecule has 1 heterocycles. The van der Waals surface area contributed by atoms with E-state index in [4.69, 9.17) is 5.11 Å². The zero-order valence-electron chi connectivity index (χ0n) is 8.32. The second kappa shape index (κ2) is 4.21. The minimum absolute atomic E-state index is 0.279. The molecule has 0 saturated carbocycles. The van der Waals surface area contributed by atoms with Gasteiger partial charge >= 0.3 is 0 Å². The third-order valence-electron chi connectivity index (χ3n) is 2.81. The van der Waals surface area contributed by atoms with Gasteiger partial charge in [-0.3, -0.25) is 4.90 Å². The molecular formula is C9H20N2O. The standard InChI is InChI=1S/C9H20N2O/c1-8-7-11(4-5-12)9(2)6-10(8)3/h8-9,12H,4-7H2,1-3H3. The molecule has 1 rings (SSSR count). The summed E-state index contributed by atoms with van der Waals surface area (Å²) in [6.45, 7) is 7.74. The lowest BCUT2D eigenvalue weighted by Gasteiger charge is -2.42. The Labute approximate surface area is 75.0 Å². The summed E-state index contributed by atoms with van der Waals surface area (Å²) in [5.74, 6) is 0. The third kappa shape index (κ3) is 2.19. The Bertz CT molecular complexity index is 140. The van der Waals surface area contributed by atoms with Gasteiger partial charge in [0.2, 0.25) is 0 Å². The summed E-state index contributed by atoms with van der Waals surface area (Å²) in [7, 11) is 2.16. The maximum absolute atomic E-state index is 8.83. The van der Waals surface area contributed by atoms with Crippen molar-refractivity contribution in [1.29, 1.82) is 0 Å². The summed E-state index contributed by atoms with van der Waals surface area (Å²) in [6.07, 6.45) is 0. The molecule has 1 saturated heterocycles. The van der Waals surface area contributed by atoms with Gasteiger partial charge in [0.1, 0.15) is 0 Å². The first-order chi connectivity index (χ1) is 5.65. The molecule has 3 heteroatoms. The number of β-amino-alcohol motifs (C(OH)–C–C–N with tert-alkyl or cyclic N) is 1. The Hall–Kier alpha value is -0.120. The Kier molecular flexibility index (Phi) is 3.50. The van der Waals surface area contributed by atoms with E-state index in [1.165, 1.54) is 0 Å². The molecule has 0 amide bonds. The summed E-state index contributed by atoms with van der Waals surface area (Å²) in [5.41, 5.74) is 0. The smallest absolute Gasteiger partial charge is 0.0558 e. The van der Waals surface area contributed by atoms with Crippen molar-refractivity contribution < 1.29 is 5.11 Å². The van der Waals surface area contributed by atoms with Crippen LogP contribution in [0.5, 0.6) is 0 Å². The molecule has 72 valence electrons. The van der Waals surface area contributed by atoms with Gasteiger partial charge in [0.05, 0.1) is 6.61 Å². The Morgan fingerprint density at radius 1 is 1.25 bits per heavy atom. The number of rotatable bonds is 2. The highest BCUT2D eigenvalue weighted by molar-refractivity contribution is 4.82. The number of aliphatic hydroxyl groups excluding tert-OH is 1. The molecule has 1 aliphatic rings. The van der Waals surface area contributed by atoms with Crippen molar-refractivity contribution in [3.63, 3.8) is 0 Å². The van der Waals surface area contributed by atoms with Gasteiger partial charge in [0.25, 0.3) is 0 Å². The van der Waals surface area contributed by atoms with Gasteiger partial charge in [-0.25, -0.2) is 0 Å². The van der Waals surface area contributed by atoms with E-state index >= 15 is 0 Å². The SMILES string of the molecule is CC1CN(CCO)C(C)CN1C. The van der Waals surface area contributed by atoms with Crippen molar-refractivity contribution in [2.75, 3.05) is 33.3 Å². The molecule has 0 aromatic carbocycles. The van der Waals surface area contributed by atoms with Gasteiger partial charge in [0, 0.05) is 31.7 Å². The van der Waals surface area contributed by atoms with Gasteiger partial charge in [-0.05, 0) is 20.9 Å². The lowest BCUT2D eigenvalue weighted by atomic mass is 10.1. The predicted molar refractivity (Wildman–Crippen MR) is 50.2 cm³/mol. The summed E-state index contributed by atoms with van der Waals surface area (Å²) in [5, 5.41) is 8.83. The molecule has 1 fully saturated rings. The second-order valence-corrected chi connectivity index (χ2v) is 3.86. The minimum Gasteiger partial charge on any atom is -0.395 e. The molecular weight excluding hydrogens is 152 g/mol. The van der Waals surface area contributed by atoms with E-state index in [-0.39, 0.29) is 6.61 Å². The molecule has 3 nitrogen and oxygen atoms in total. The van der Waals surface area contributed by atoms with Crippen LogP contribution in [0.2, 0.25) is 0 Å². The van der Waals surface area contributed by atoms with E-state index in [2.05, 4.69) is 30.7 Å². The summed E-state index contributed by atoms with van der Waals surface area (Å²) >= 11 is 0. The lowest BCUT2D eigenvalue weighted by Crippen LogP contribution is -2.55. The first-order valence-electron chi connectivity index (χ1n) is 4.70. The zero-order chi connectivity index (χ0) is 9.14. The van der Waals surface area contributed by atoms with Gasteiger partial charge < -0.3 is 10.0 Å². The van der Waals surface area contributed by atoms with Crippen molar-refractivity contribution in [3.8, 4) is 0 Å². The fraction of sp³-hybridized carbons (Fsp3) is 1.00. The largest absolute Gasteiger partial charge is 0.395 e. The lowest BCUT2D eigenvalue weighted by molar-refractivity contribution is 0.0478. The molecule has 12 heavy (non-hydrogen) atoms. The fourth-order valence-electron chi connectivity index (χ4n) is 1.81. The normalized spacial score (nSPS) is 34.0. The molecule has 1 N–H and O–H groups in total. The fourth-order valence-corrected chi connectivity index (χ4v) is 1.81. The number of hydrogen-bond donors (Lipinski definition) is 1. The maximum atomic E-state index is 8.83. The van der Waals surface area contributed by atoms with Crippen molar-refractivity contribution in [2.24, 2.45) is 0 Å². The summed E-state index contributed by atoms with van der Waals surface area (Å²) in [6, 6.07) is 1.20. The first kappa shape index (κ1) is 9.96. The van der Waals surface area contributed by atoms with Crippen molar-refractivity contribution in [3.05, 3.63) is 0 Å². The van der Waals surface area contributed by atoms with E-state index in [0.29, 0.717) is 12.1 Å². The molecule has 0 aromatic rings. The quantitative estimate of drug-likeness (QED) is 0.635. The number of aliphatic hydroxyl groups is 1. The first-order valence-corrected chi connectivity index (χ1v) is 4.70. The summed E-state index contributed by atoms with van der Waals surface area (Å²) in [4.78, 5) is 4.73. The van der Waals surface area contributed by atoms with Crippen LogP contribution < -0.4 is 0 Å². The van der Waals surface area contributed by atoms with Gasteiger partial charge in [-0.2, -0.15) is 0 Å². The van der Waals surface area contributed by atoms with Crippen molar-refractivity contribution in [1.82, 2.24) is 9.80 Å². The van der Waals surface area contributed by atoms with Crippen molar-refractivity contribution in [2.45, 2.75) is 25.9 Å². The third-order valence-corrected chi connectivity index (χ3v) is 2.81. The van der Waals surface area contributed by atoms with Gasteiger partial charge in [-0.1, -0.05) is 0 Å². The zero-order valence-corrected chi connectivity index (χ0v) is 8.32. The van der Waals surface area contributed by atoms with Crippen molar-refractivity contribution >= 4 is 0 Å². The van der Waals surface area contributed by atoms with E-state index in [1.54, 1.807) is 0 Å². The Morgan fingerprint density at radius 2 is 1.92 bits per heavy atom. The average molecular weight is 172 g/mol. The number of hydrogen-bond acceptors (Lipinski definition) is 3.